The molecule has 2 heterocycles. The molecule has 5 heteroatoms. The number of aromatic amines is 1. The van der Waals surface area contributed by atoms with Crippen LogP contribution in [-0.2, 0) is 6.54 Å². The number of ether oxygens (including phenoxy) is 1. The quantitative estimate of drug-likeness (QED) is 0.886. The normalized spacial score (nSPS) is 15.6. The van der Waals surface area contributed by atoms with Gasteiger partial charge in [0.2, 0.25) is 0 Å². The molecule has 0 saturated carbocycles. The third kappa shape index (κ3) is 3.92. The predicted molar refractivity (Wildman–Crippen MR) is 93.1 cm³/mol. The van der Waals surface area contributed by atoms with E-state index in [1.54, 1.807) is 7.11 Å². The van der Waals surface area contributed by atoms with E-state index in [1.165, 1.54) is 25.9 Å². The minimum Gasteiger partial charge on any atom is -0.497 e. The minimum atomic E-state index is -0.00399. The molecule has 0 bridgehead atoms. The number of likely N-dealkylation sites (tertiary alicyclic amines) is 1. The molecule has 1 aromatic heterocycles. The van der Waals surface area contributed by atoms with Crippen LogP contribution < -0.4 is 10.3 Å². The molecule has 0 unspecified atom stereocenters. The highest BCUT2D eigenvalue weighted by molar-refractivity contribution is 5.80. The number of nitrogens with zero attached hydrogens (tertiary/aromatic N) is 2. The van der Waals surface area contributed by atoms with E-state index in [4.69, 9.17) is 4.74 Å². The summed E-state index contributed by atoms with van der Waals surface area (Å²) in [5.74, 6) is 0.804. The number of H-pyrrole nitrogens is 1. The van der Waals surface area contributed by atoms with Crippen molar-refractivity contribution in [2.24, 2.45) is 0 Å². The Bertz CT molecular complexity index is 720. The number of rotatable bonds is 6. The monoisotopic (exact) mass is 315 g/mol. The molecule has 0 aliphatic carbocycles. The molecule has 3 rings (SSSR count). The summed E-state index contributed by atoms with van der Waals surface area (Å²) in [7, 11) is 3.73. The Morgan fingerprint density at radius 3 is 2.78 bits per heavy atom. The van der Waals surface area contributed by atoms with Gasteiger partial charge in [0.1, 0.15) is 5.75 Å². The van der Waals surface area contributed by atoms with Crippen molar-refractivity contribution in [3.05, 3.63) is 40.2 Å². The summed E-state index contributed by atoms with van der Waals surface area (Å²) in [5.41, 5.74) is 1.64. The molecular formula is C18H25N3O2. The first-order valence-electron chi connectivity index (χ1n) is 8.26. The number of aromatic nitrogens is 1. The Balaban J connectivity index is 1.70. The molecule has 1 aliphatic rings. The average molecular weight is 315 g/mol. The lowest BCUT2D eigenvalue weighted by Crippen LogP contribution is -2.32. The number of nitrogens with one attached hydrogen (secondary N) is 1. The maximum Gasteiger partial charge on any atom is 0.252 e. The highest BCUT2D eigenvalue weighted by Crippen LogP contribution is 2.19. The Morgan fingerprint density at radius 2 is 2.04 bits per heavy atom. The largest absolute Gasteiger partial charge is 0.497 e. The van der Waals surface area contributed by atoms with Gasteiger partial charge in [0.25, 0.3) is 5.56 Å². The first-order valence-corrected chi connectivity index (χ1v) is 8.26. The SMILES string of the molecule is COc1ccc2[nH]c(=O)c(CN(C)CCN3CCCC3)cc2c1. The average Bonchev–Trinajstić information content (AvgIpc) is 3.07. The van der Waals surface area contributed by atoms with Gasteiger partial charge >= 0.3 is 0 Å². The van der Waals surface area contributed by atoms with Gasteiger partial charge in [-0.05, 0) is 57.2 Å². The van der Waals surface area contributed by atoms with E-state index in [0.29, 0.717) is 6.54 Å². The van der Waals surface area contributed by atoms with Crippen molar-refractivity contribution >= 4 is 10.9 Å². The zero-order valence-electron chi connectivity index (χ0n) is 14.0. The topological polar surface area (TPSA) is 48.6 Å². The summed E-state index contributed by atoms with van der Waals surface area (Å²) in [4.78, 5) is 19.9. The third-order valence-electron chi connectivity index (χ3n) is 4.57. The van der Waals surface area contributed by atoms with Gasteiger partial charge in [-0.15, -0.1) is 0 Å². The van der Waals surface area contributed by atoms with Gasteiger partial charge in [-0.25, -0.2) is 0 Å². The van der Waals surface area contributed by atoms with Crippen molar-refractivity contribution < 1.29 is 4.74 Å². The molecule has 0 spiro atoms. The van der Waals surface area contributed by atoms with E-state index in [-0.39, 0.29) is 5.56 Å². The standard InChI is InChI=1S/C18H25N3O2/c1-20(9-10-21-7-3-4-8-21)13-15-11-14-12-16(23-2)5-6-17(14)19-18(15)22/h5-6,11-12H,3-4,7-10,13H2,1-2H3,(H,19,22). The third-order valence-corrected chi connectivity index (χ3v) is 4.57. The van der Waals surface area contributed by atoms with E-state index in [9.17, 15) is 4.79 Å². The van der Waals surface area contributed by atoms with Gasteiger partial charge in [0.15, 0.2) is 0 Å². The number of benzene rings is 1. The molecule has 0 atom stereocenters. The van der Waals surface area contributed by atoms with Crippen LogP contribution in [0.5, 0.6) is 5.75 Å². The Labute approximate surface area is 136 Å². The molecule has 1 saturated heterocycles. The molecule has 5 nitrogen and oxygen atoms in total. The predicted octanol–water partition coefficient (Wildman–Crippen LogP) is 2.06. The summed E-state index contributed by atoms with van der Waals surface area (Å²) >= 11 is 0. The number of methoxy groups -OCH3 is 1. The van der Waals surface area contributed by atoms with Crippen LogP contribution in [-0.4, -0.2) is 55.1 Å². The van der Waals surface area contributed by atoms with Gasteiger partial charge in [0, 0.05) is 36.1 Å². The first-order chi connectivity index (χ1) is 11.2. The van der Waals surface area contributed by atoms with E-state index in [2.05, 4.69) is 21.8 Å². The lowest BCUT2D eigenvalue weighted by atomic mass is 10.1. The van der Waals surface area contributed by atoms with Crippen LogP contribution in [0, 0.1) is 0 Å². The number of pyridine rings is 1. The number of fused-ring (bicyclic) bond motifs is 1. The van der Waals surface area contributed by atoms with Crippen LogP contribution in [0.15, 0.2) is 29.1 Å². The lowest BCUT2D eigenvalue weighted by molar-refractivity contribution is 0.252. The molecule has 1 N–H and O–H groups in total. The molecule has 1 aliphatic heterocycles. The van der Waals surface area contributed by atoms with Crippen molar-refractivity contribution in [3.8, 4) is 5.75 Å². The molecular weight excluding hydrogens is 290 g/mol. The fraction of sp³-hybridized carbons (Fsp3) is 0.500. The fourth-order valence-electron chi connectivity index (χ4n) is 3.16. The van der Waals surface area contributed by atoms with E-state index >= 15 is 0 Å². The fourth-order valence-corrected chi connectivity index (χ4v) is 3.16. The molecule has 23 heavy (non-hydrogen) atoms. The Kier molecular flexibility index (Phi) is 4.98. The van der Waals surface area contributed by atoms with Crippen molar-refractivity contribution in [1.82, 2.24) is 14.8 Å². The Hall–Kier alpha value is -1.85. The van der Waals surface area contributed by atoms with Gasteiger partial charge in [-0.3, -0.25) is 4.79 Å². The van der Waals surface area contributed by atoms with Crippen molar-refractivity contribution in [3.63, 3.8) is 0 Å². The molecule has 2 aromatic rings. The molecule has 0 amide bonds. The van der Waals surface area contributed by atoms with Crippen LogP contribution in [0.3, 0.4) is 0 Å². The van der Waals surface area contributed by atoms with Gasteiger partial charge in [-0.1, -0.05) is 0 Å². The van der Waals surface area contributed by atoms with E-state index in [0.717, 1.165) is 35.3 Å². The van der Waals surface area contributed by atoms with Crippen LogP contribution in [0.2, 0.25) is 0 Å². The van der Waals surface area contributed by atoms with Crippen LogP contribution in [0.4, 0.5) is 0 Å². The first kappa shape index (κ1) is 16.0. The second-order valence-electron chi connectivity index (χ2n) is 6.36. The van der Waals surface area contributed by atoms with Crippen molar-refractivity contribution in [2.45, 2.75) is 19.4 Å². The van der Waals surface area contributed by atoms with Crippen LogP contribution in [0.1, 0.15) is 18.4 Å². The number of hydrogen-bond acceptors (Lipinski definition) is 4. The number of hydrogen-bond donors (Lipinski definition) is 1. The zero-order valence-corrected chi connectivity index (χ0v) is 14.0. The molecule has 0 radical (unpaired) electrons. The van der Waals surface area contributed by atoms with Gasteiger partial charge < -0.3 is 19.5 Å². The Morgan fingerprint density at radius 1 is 1.26 bits per heavy atom. The molecule has 124 valence electrons. The molecule has 1 aromatic carbocycles. The second kappa shape index (κ2) is 7.15. The van der Waals surface area contributed by atoms with Crippen molar-refractivity contribution in [1.29, 1.82) is 0 Å². The highest BCUT2D eigenvalue weighted by atomic mass is 16.5. The highest BCUT2D eigenvalue weighted by Gasteiger charge is 2.13. The van der Waals surface area contributed by atoms with Crippen LogP contribution in [0.25, 0.3) is 10.9 Å². The summed E-state index contributed by atoms with van der Waals surface area (Å²) in [6.07, 6.45) is 2.63. The van der Waals surface area contributed by atoms with Gasteiger partial charge in [0.05, 0.1) is 7.11 Å². The van der Waals surface area contributed by atoms with Crippen LogP contribution >= 0.6 is 0 Å². The van der Waals surface area contributed by atoms with E-state index < -0.39 is 0 Å². The minimum absolute atomic E-state index is 0.00399. The summed E-state index contributed by atoms with van der Waals surface area (Å²) in [6, 6.07) is 7.68. The van der Waals surface area contributed by atoms with E-state index in [1.807, 2.05) is 24.3 Å². The van der Waals surface area contributed by atoms with Gasteiger partial charge in [-0.2, -0.15) is 0 Å². The maximum atomic E-state index is 12.3. The smallest absolute Gasteiger partial charge is 0.252 e. The maximum absolute atomic E-state index is 12.3. The zero-order chi connectivity index (χ0) is 16.2. The lowest BCUT2D eigenvalue weighted by Gasteiger charge is -2.21. The molecule has 1 fully saturated rings. The summed E-state index contributed by atoms with van der Waals surface area (Å²) in [5, 5.41) is 1.01. The summed E-state index contributed by atoms with van der Waals surface area (Å²) < 4.78 is 5.26. The second-order valence-corrected chi connectivity index (χ2v) is 6.36. The van der Waals surface area contributed by atoms with Crippen molar-refractivity contribution in [2.75, 3.05) is 40.3 Å². The summed E-state index contributed by atoms with van der Waals surface area (Å²) in [6.45, 7) is 5.15. The number of likely N-dealkylation sites (N-methyl/N-ethyl adjacent to an activating group) is 1.